The van der Waals surface area contributed by atoms with Gasteiger partial charge in [0, 0.05) is 18.7 Å². The van der Waals surface area contributed by atoms with Gasteiger partial charge in [-0.05, 0) is 48.7 Å². The molecule has 0 saturated heterocycles. The van der Waals surface area contributed by atoms with E-state index in [1.165, 1.54) is 22.9 Å². The quantitative estimate of drug-likeness (QED) is 0.363. The lowest BCUT2D eigenvalue weighted by molar-refractivity contribution is -0.131. The molecule has 0 bridgehead atoms. The van der Waals surface area contributed by atoms with Crippen molar-refractivity contribution in [3.05, 3.63) is 83.8 Å². The van der Waals surface area contributed by atoms with E-state index in [-0.39, 0.29) is 11.2 Å². The predicted molar refractivity (Wildman–Crippen MR) is 131 cm³/mol. The fourth-order valence-electron chi connectivity index (χ4n) is 4.20. The Labute approximate surface area is 202 Å². The number of aromatic nitrogens is 3. The minimum atomic E-state index is -0.303. The molecule has 5 rings (SSSR count). The van der Waals surface area contributed by atoms with Crippen molar-refractivity contribution in [3.8, 4) is 17.1 Å². The van der Waals surface area contributed by atoms with Crippen molar-refractivity contribution in [2.45, 2.75) is 36.8 Å². The molecule has 4 aromatic rings. The predicted octanol–water partition coefficient (Wildman–Crippen LogP) is 4.66. The summed E-state index contributed by atoms with van der Waals surface area (Å²) in [6, 6.07) is 19.8. The Bertz CT molecular complexity index is 1280. The Morgan fingerprint density at radius 2 is 1.97 bits per heavy atom. The number of amides is 1. The lowest BCUT2D eigenvalue weighted by atomic mass is 10.00. The number of carbonyl (C=O) groups excluding carboxylic acids is 1. The van der Waals surface area contributed by atoms with Gasteiger partial charge in [-0.15, -0.1) is 10.2 Å². The normalized spacial score (nSPS) is 14.0. The highest BCUT2D eigenvalue weighted by Gasteiger charge is 2.27. The number of ether oxygens (including phenoxy) is 1. The Kier molecular flexibility index (Phi) is 6.40. The largest absolute Gasteiger partial charge is 0.497 e. The lowest BCUT2D eigenvalue weighted by Crippen LogP contribution is -2.40. The number of benzene rings is 2. The van der Waals surface area contributed by atoms with Crippen molar-refractivity contribution < 1.29 is 13.9 Å². The molecule has 0 spiro atoms. The van der Waals surface area contributed by atoms with Crippen LogP contribution in [-0.4, -0.2) is 44.5 Å². The van der Waals surface area contributed by atoms with E-state index in [0.717, 1.165) is 30.0 Å². The van der Waals surface area contributed by atoms with Crippen LogP contribution in [-0.2, 0) is 24.3 Å². The first-order valence-electron chi connectivity index (χ1n) is 11.2. The molecule has 0 saturated carbocycles. The van der Waals surface area contributed by atoms with Crippen molar-refractivity contribution in [2.75, 3.05) is 13.7 Å². The van der Waals surface area contributed by atoms with Crippen molar-refractivity contribution in [3.63, 3.8) is 0 Å². The second-order valence-corrected chi connectivity index (χ2v) is 9.55. The number of nitrogens with zero attached hydrogens (tertiary/aromatic N) is 4. The standard InChI is InChI=1S/C26H26N4O3S/c1-18(25(31)29-13-12-19-7-3-4-8-21(19)16-29)34-26-28-27-24(20-9-5-10-22(15-20)32-2)30(26)17-23-11-6-14-33-23/h3-11,14-15,18H,12-13,16-17H2,1-2H3/t18-/m0/s1. The number of methoxy groups -OCH3 is 1. The zero-order valence-corrected chi connectivity index (χ0v) is 20.0. The fourth-order valence-corrected chi connectivity index (χ4v) is 5.13. The van der Waals surface area contributed by atoms with E-state index in [9.17, 15) is 4.79 Å². The van der Waals surface area contributed by atoms with E-state index >= 15 is 0 Å². The number of rotatable bonds is 7. The number of fused-ring (bicyclic) bond motifs is 1. The van der Waals surface area contributed by atoms with Gasteiger partial charge in [0.15, 0.2) is 11.0 Å². The molecule has 174 valence electrons. The van der Waals surface area contributed by atoms with E-state index in [4.69, 9.17) is 9.15 Å². The number of hydrogen-bond donors (Lipinski definition) is 0. The zero-order chi connectivity index (χ0) is 23.5. The SMILES string of the molecule is COc1cccc(-c2nnc(S[C@@H](C)C(=O)N3CCc4ccccc4C3)n2Cc2ccco2)c1. The van der Waals surface area contributed by atoms with Crippen molar-refractivity contribution in [1.29, 1.82) is 0 Å². The average molecular weight is 475 g/mol. The summed E-state index contributed by atoms with van der Waals surface area (Å²) in [5, 5.41) is 9.29. The first-order chi connectivity index (χ1) is 16.6. The second kappa shape index (κ2) is 9.77. The molecule has 0 radical (unpaired) electrons. The Balaban J connectivity index is 1.39. The minimum absolute atomic E-state index is 0.106. The molecular weight excluding hydrogens is 448 g/mol. The molecule has 0 aliphatic carbocycles. The van der Waals surface area contributed by atoms with Crippen LogP contribution in [0.1, 0.15) is 23.8 Å². The van der Waals surface area contributed by atoms with Crippen LogP contribution in [0.3, 0.4) is 0 Å². The maximum absolute atomic E-state index is 13.3. The van der Waals surface area contributed by atoms with Gasteiger partial charge in [-0.2, -0.15) is 0 Å². The van der Waals surface area contributed by atoms with Gasteiger partial charge in [0.1, 0.15) is 11.5 Å². The highest BCUT2D eigenvalue weighted by atomic mass is 32.2. The maximum Gasteiger partial charge on any atom is 0.236 e. The average Bonchev–Trinajstić information content (AvgIpc) is 3.54. The third-order valence-electron chi connectivity index (χ3n) is 6.01. The third kappa shape index (κ3) is 4.59. The molecule has 0 unspecified atom stereocenters. The van der Waals surface area contributed by atoms with Gasteiger partial charge in [0.25, 0.3) is 0 Å². The molecule has 1 aliphatic heterocycles. The molecule has 7 nitrogen and oxygen atoms in total. The summed E-state index contributed by atoms with van der Waals surface area (Å²) in [4.78, 5) is 15.3. The molecule has 2 aromatic carbocycles. The molecule has 0 N–H and O–H groups in total. The molecule has 3 heterocycles. The monoisotopic (exact) mass is 474 g/mol. The third-order valence-corrected chi connectivity index (χ3v) is 7.08. The van der Waals surface area contributed by atoms with E-state index in [0.29, 0.717) is 24.1 Å². The minimum Gasteiger partial charge on any atom is -0.497 e. The van der Waals surface area contributed by atoms with Gasteiger partial charge in [0.2, 0.25) is 5.91 Å². The van der Waals surface area contributed by atoms with E-state index in [1.807, 2.05) is 58.9 Å². The van der Waals surface area contributed by atoms with Crippen LogP contribution < -0.4 is 4.74 Å². The first-order valence-corrected chi connectivity index (χ1v) is 12.1. The molecule has 1 atom stereocenters. The van der Waals surface area contributed by atoms with Crippen LogP contribution >= 0.6 is 11.8 Å². The van der Waals surface area contributed by atoms with E-state index in [2.05, 4.69) is 28.4 Å². The molecular formula is C26H26N4O3S. The Morgan fingerprint density at radius 1 is 1.12 bits per heavy atom. The van der Waals surface area contributed by atoms with Gasteiger partial charge in [-0.1, -0.05) is 48.2 Å². The number of thioether (sulfide) groups is 1. The lowest BCUT2D eigenvalue weighted by Gasteiger charge is -2.30. The van der Waals surface area contributed by atoms with Crippen molar-refractivity contribution in [2.24, 2.45) is 0 Å². The number of hydrogen-bond acceptors (Lipinski definition) is 6. The van der Waals surface area contributed by atoms with Gasteiger partial charge in [-0.25, -0.2) is 0 Å². The fraction of sp³-hybridized carbons (Fsp3) is 0.269. The number of carbonyl (C=O) groups is 1. The van der Waals surface area contributed by atoms with Crippen LogP contribution in [0.25, 0.3) is 11.4 Å². The van der Waals surface area contributed by atoms with Crippen LogP contribution in [0.2, 0.25) is 0 Å². The second-order valence-electron chi connectivity index (χ2n) is 8.24. The summed E-state index contributed by atoms with van der Waals surface area (Å²) in [6.45, 7) is 3.78. The van der Waals surface area contributed by atoms with Crippen molar-refractivity contribution >= 4 is 17.7 Å². The van der Waals surface area contributed by atoms with Crippen LogP contribution in [0.4, 0.5) is 0 Å². The maximum atomic E-state index is 13.3. The molecule has 2 aromatic heterocycles. The van der Waals surface area contributed by atoms with E-state index < -0.39 is 0 Å². The summed E-state index contributed by atoms with van der Waals surface area (Å²) in [7, 11) is 1.64. The summed E-state index contributed by atoms with van der Waals surface area (Å²) in [5.41, 5.74) is 3.44. The van der Waals surface area contributed by atoms with Gasteiger partial charge < -0.3 is 14.1 Å². The molecule has 34 heavy (non-hydrogen) atoms. The topological polar surface area (TPSA) is 73.4 Å². The molecule has 1 amide bonds. The summed E-state index contributed by atoms with van der Waals surface area (Å²) >= 11 is 1.43. The van der Waals surface area contributed by atoms with Gasteiger partial charge in [0.05, 0.1) is 25.2 Å². The molecule has 0 fully saturated rings. The Hall–Kier alpha value is -3.52. The van der Waals surface area contributed by atoms with Crippen LogP contribution in [0, 0.1) is 0 Å². The summed E-state index contributed by atoms with van der Waals surface area (Å²) in [5.74, 6) is 2.34. The molecule has 8 heteroatoms. The van der Waals surface area contributed by atoms with Gasteiger partial charge in [-0.3, -0.25) is 9.36 Å². The van der Waals surface area contributed by atoms with E-state index in [1.54, 1.807) is 13.4 Å². The van der Waals surface area contributed by atoms with Crippen molar-refractivity contribution in [1.82, 2.24) is 19.7 Å². The Morgan fingerprint density at radius 3 is 2.76 bits per heavy atom. The smallest absolute Gasteiger partial charge is 0.236 e. The number of furan rings is 1. The summed E-state index contributed by atoms with van der Waals surface area (Å²) < 4.78 is 13.0. The molecule has 1 aliphatic rings. The first kappa shape index (κ1) is 22.3. The zero-order valence-electron chi connectivity index (χ0n) is 19.2. The van der Waals surface area contributed by atoms with Crippen LogP contribution in [0.15, 0.2) is 76.5 Å². The highest BCUT2D eigenvalue weighted by Crippen LogP contribution is 2.31. The highest BCUT2D eigenvalue weighted by molar-refractivity contribution is 8.00. The summed E-state index contributed by atoms with van der Waals surface area (Å²) in [6.07, 6.45) is 2.53. The van der Waals surface area contributed by atoms with Gasteiger partial charge >= 0.3 is 0 Å². The van der Waals surface area contributed by atoms with Crippen LogP contribution in [0.5, 0.6) is 5.75 Å².